The molecule has 4 nitrogen and oxygen atoms in total. The molecule has 0 aromatic heterocycles. The average molecular weight is 394 g/mol. The van der Waals surface area contributed by atoms with Crippen LogP contribution in [-0.2, 0) is 9.53 Å². The van der Waals surface area contributed by atoms with Crippen molar-refractivity contribution in [2.75, 3.05) is 7.11 Å². The van der Waals surface area contributed by atoms with Gasteiger partial charge in [-0.1, -0.05) is 72.3 Å². The number of hydrogen-bond donors (Lipinski definition) is 1. The maximum atomic E-state index is 12.8. The minimum absolute atomic E-state index is 0.371. The van der Waals surface area contributed by atoms with E-state index in [-0.39, 0.29) is 5.91 Å². The van der Waals surface area contributed by atoms with Crippen molar-refractivity contribution in [3.05, 3.63) is 107 Å². The molecule has 0 aliphatic rings. The number of carbonyl (C=O) groups excluding carboxylic acids is 2. The molecular weight excluding hydrogens is 374 g/mol. The van der Waals surface area contributed by atoms with E-state index < -0.39 is 17.9 Å². The van der Waals surface area contributed by atoms with Gasteiger partial charge in [-0.2, -0.15) is 0 Å². The highest BCUT2D eigenvalue weighted by atomic mass is 35.5. The van der Waals surface area contributed by atoms with Crippen molar-refractivity contribution in [2.24, 2.45) is 0 Å². The van der Waals surface area contributed by atoms with Crippen molar-refractivity contribution in [1.82, 2.24) is 5.32 Å². The van der Waals surface area contributed by atoms with E-state index in [1.807, 2.05) is 60.7 Å². The molecule has 0 unspecified atom stereocenters. The largest absolute Gasteiger partial charge is 0.467 e. The third-order valence-corrected chi connectivity index (χ3v) is 4.75. The smallest absolute Gasteiger partial charge is 0.329 e. The highest BCUT2D eigenvalue weighted by molar-refractivity contribution is 6.30. The van der Waals surface area contributed by atoms with Gasteiger partial charge in [0.25, 0.3) is 5.91 Å². The predicted octanol–water partition coefficient (Wildman–Crippen LogP) is 4.44. The molecule has 1 atom stereocenters. The quantitative estimate of drug-likeness (QED) is 0.630. The van der Waals surface area contributed by atoms with Crippen LogP contribution in [0.1, 0.15) is 27.4 Å². The van der Waals surface area contributed by atoms with Crippen molar-refractivity contribution in [1.29, 1.82) is 0 Å². The first-order valence-corrected chi connectivity index (χ1v) is 9.22. The molecule has 0 aliphatic heterocycles. The lowest BCUT2D eigenvalue weighted by atomic mass is 9.84. The molecule has 28 heavy (non-hydrogen) atoms. The van der Waals surface area contributed by atoms with Crippen molar-refractivity contribution in [2.45, 2.75) is 12.0 Å². The fourth-order valence-corrected chi connectivity index (χ4v) is 3.26. The Balaban J connectivity index is 2.00. The second kappa shape index (κ2) is 9.20. The van der Waals surface area contributed by atoms with Gasteiger partial charge in [0.1, 0.15) is 6.04 Å². The van der Waals surface area contributed by atoms with E-state index in [1.54, 1.807) is 24.3 Å². The Hall–Kier alpha value is -3.11. The Morgan fingerprint density at radius 3 is 1.79 bits per heavy atom. The molecule has 0 radical (unpaired) electrons. The van der Waals surface area contributed by atoms with E-state index in [2.05, 4.69) is 5.32 Å². The van der Waals surface area contributed by atoms with Crippen LogP contribution in [0.25, 0.3) is 0 Å². The molecule has 0 spiro atoms. The minimum Gasteiger partial charge on any atom is -0.467 e. The van der Waals surface area contributed by atoms with E-state index in [9.17, 15) is 9.59 Å². The average Bonchev–Trinajstić information content (AvgIpc) is 2.74. The normalized spacial score (nSPS) is 11.7. The zero-order valence-electron chi connectivity index (χ0n) is 15.3. The van der Waals surface area contributed by atoms with E-state index >= 15 is 0 Å². The van der Waals surface area contributed by atoms with E-state index in [0.29, 0.717) is 10.6 Å². The zero-order valence-corrected chi connectivity index (χ0v) is 16.1. The topological polar surface area (TPSA) is 55.4 Å². The highest BCUT2D eigenvalue weighted by Crippen LogP contribution is 2.29. The minimum atomic E-state index is -0.891. The molecule has 3 aromatic rings. The first-order chi connectivity index (χ1) is 13.6. The van der Waals surface area contributed by atoms with Crippen LogP contribution in [0.15, 0.2) is 84.9 Å². The number of nitrogens with one attached hydrogen (secondary N) is 1. The summed E-state index contributed by atoms with van der Waals surface area (Å²) < 4.78 is 5.02. The molecular formula is C23H20ClNO3. The number of benzene rings is 3. The van der Waals surface area contributed by atoms with Crippen molar-refractivity contribution < 1.29 is 14.3 Å². The summed E-state index contributed by atoms with van der Waals surface area (Å²) in [5.74, 6) is -1.28. The number of methoxy groups -OCH3 is 1. The van der Waals surface area contributed by atoms with Gasteiger partial charge in [-0.3, -0.25) is 4.79 Å². The summed E-state index contributed by atoms with van der Waals surface area (Å²) in [7, 11) is 1.32. The Morgan fingerprint density at radius 1 is 0.821 bits per heavy atom. The van der Waals surface area contributed by atoms with Crippen LogP contribution in [0.2, 0.25) is 5.02 Å². The molecule has 3 aromatic carbocycles. The molecule has 0 saturated carbocycles. The number of carbonyl (C=O) groups is 2. The second-order valence-corrected chi connectivity index (χ2v) is 6.72. The Kier molecular flexibility index (Phi) is 6.45. The first-order valence-electron chi connectivity index (χ1n) is 8.84. The number of rotatable bonds is 6. The number of hydrogen-bond acceptors (Lipinski definition) is 3. The third-order valence-electron chi connectivity index (χ3n) is 4.50. The zero-order chi connectivity index (χ0) is 19.9. The summed E-state index contributed by atoms with van der Waals surface area (Å²) in [5, 5.41) is 3.38. The van der Waals surface area contributed by atoms with E-state index in [1.165, 1.54) is 7.11 Å². The van der Waals surface area contributed by atoms with Crippen LogP contribution in [0.5, 0.6) is 0 Å². The molecule has 5 heteroatoms. The SMILES string of the molecule is COC(=O)[C@H](NC(=O)c1ccc(Cl)cc1)C(c1ccccc1)c1ccccc1. The molecule has 1 N–H and O–H groups in total. The van der Waals surface area contributed by atoms with Crippen molar-refractivity contribution in [3.8, 4) is 0 Å². The lowest BCUT2D eigenvalue weighted by molar-refractivity contribution is -0.143. The maximum Gasteiger partial charge on any atom is 0.329 e. The predicted molar refractivity (Wildman–Crippen MR) is 109 cm³/mol. The molecule has 0 heterocycles. The first kappa shape index (κ1) is 19.6. The summed E-state index contributed by atoms with van der Waals surface area (Å²) >= 11 is 5.90. The Labute approximate surface area is 169 Å². The van der Waals surface area contributed by atoms with Gasteiger partial charge in [0, 0.05) is 16.5 Å². The van der Waals surface area contributed by atoms with Crippen LogP contribution in [0, 0.1) is 0 Å². The van der Waals surface area contributed by atoms with Gasteiger partial charge in [0.2, 0.25) is 0 Å². The van der Waals surface area contributed by atoms with Crippen LogP contribution in [0.3, 0.4) is 0 Å². The molecule has 0 fully saturated rings. The second-order valence-electron chi connectivity index (χ2n) is 6.28. The van der Waals surface area contributed by atoms with Crippen LogP contribution in [-0.4, -0.2) is 25.0 Å². The van der Waals surface area contributed by atoms with Crippen molar-refractivity contribution in [3.63, 3.8) is 0 Å². The van der Waals surface area contributed by atoms with Gasteiger partial charge in [0.15, 0.2) is 0 Å². The van der Waals surface area contributed by atoms with Gasteiger partial charge >= 0.3 is 5.97 Å². The van der Waals surface area contributed by atoms with Crippen LogP contribution in [0.4, 0.5) is 0 Å². The van der Waals surface area contributed by atoms with Gasteiger partial charge < -0.3 is 10.1 Å². The standard InChI is InChI=1S/C23H20ClNO3/c1-28-23(27)21(25-22(26)18-12-14-19(24)15-13-18)20(16-8-4-2-5-9-16)17-10-6-3-7-11-17/h2-15,20-21H,1H3,(H,25,26)/t21-/m1/s1. The van der Waals surface area contributed by atoms with Gasteiger partial charge in [-0.05, 0) is 35.4 Å². The highest BCUT2D eigenvalue weighted by Gasteiger charge is 2.33. The fourth-order valence-electron chi connectivity index (χ4n) is 3.13. The number of amides is 1. The summed E-state index contributed by atoms with van der Waals surface area (Å²) in [4.78, 5) is 25.5. The maximum absolute atomic E-state index is 12.8. The van der Waals surface area contributed by atoms with E-state index in [4.69, 9.17) is 16.3 Å². The summed E-state index contributed by atoms with van der Waals surface area (Å²) in [6, 6.07) is 24.8. The third kappa shape index (κ3) is 4.59. The molecule has 0 aliphatic carbocycles. The van der Waals surface area contributed by atoms with Gasteiger partial charge in [-0.15, -0.1) is 0 Å². The van der Waals surface area contributed by atoms with Gasteiger partial charge in [0.05, 0.1) is 7.11 Å². The summed E-state index contributed by atoms with van der Waals surface area (Å²) in [5.41, 5.74) is 2.22. The van der Waals surface area contributed by atoms with Crippen molar-refractivity contribution >= 4 is 23.5 Å². The lowest BCUT2D eigenvalue weighted by Crippen LogP contribution is -2.46. The molecule has 1 amide bonds. The molecule has 0 bridgehead atoms. The number of halogens is 1. The van der Waals surface area contributed by atoms with Gasteiger partial charge in [-0.25, -0.2) is 4.79 Å². The Bertz CT molecular complexity index is 888. The monoisotopic (exact) mass is 393 g/mol. The summed E-state index contributed by atoms with van der Waals surface area (Å²) in [6.45, 7) is 0. The molecule has 3 rings (SSSR count). The van der Waals surface area contributed by atoms with Crippen LogP contribution >= 0.6 is 11.6 Å². The number of ether oxygens (including phenoxy) is 1. The fraction of sp³-hybridized carbons (Fsp3) is 0.130. The number of esters is 1. The molecule has 142 valence electrons. The van der Waals surface area contributed by atoms with E-state index in [0.717, 1.165) is 11.1 Å². The summed E-state index contributed by atoms with van der Waals surface area (Å²) in [6.07, 6.45) is 0. The lowest BCUT2D eigenvalue weighted by Gasteiger charge is -2.27. The molecule has 0 saturated heterocycles. The van der Waals surface area contributed by atoms with Crippen LogP contribution < -0.4 is 5.32 Å². The Morgan fingerprint density at radius 2 is 1.32 bits per heavy atom.